The van der Waals surface area contributed by atoms with Gasteiger partial charge in [0.2, 0.25) is 0 Å². The predicted octanol–water partition coefficient (Wildman–Crippen LogP) is 4.14. The molecule has 0 atom stereocenters. The lowest BCUT2D eigenvalue weighted by Gasteiger charge is -2.15. The summed E-state index contributed by atoms with van der Waals surface area (Å²) < 4.78 is 10.9. The molecule has 5 heteroatoms. The summed E-state index contributed by atoms with van der Waals surface area (Å²) in [6.07, 6.45) is 1.76. The quantitative estimate of drug-likeness (QED) is 0.639. The highest BCUT2D eigenvalue weighted by Gasteiger charge is 2.11. The van der Waals surface area contributed by atoms with E-state index in [4.69, 9.17) is 9.15 Å². The normalized spacial score (nSPS) is 10.9. The Morgan fingerprint density at radius 2 is 1.81 bits per heavy atom. The van der Waals surface area contributed by atoms with Crippen LogP contribution < -0.4 is 15.7 Å². The Kier molecular flexibility index (Phi) is 5.91. The van der Waals surface area contributed by atoms with E-state index in [0.29, 0.717) is 11.3 Å². The molecule has 1 N–H and O–H groups in total. The first-order valence-electron chi connectivity index (χ1n) is 9.16. The van der Waals surface area contributed by atoms with Crippen molar-refractivity contribution >= 4 is 16.9 Å². The molecule has 1 aromatic heterocycles. The van der Waals surface area contributed by atoms with E-state index in [0.717, 1.165) is 29.4 Å². The van der Waals surface area contributed by atoms with Crippen LogP contribution in [-0.4, -0.2) is 18.6 Å². The molecule has 1 amide bonds. The number of rotatable bonds is 7. The Hall–Kier alpha value is -3.08. The zero-order chi connectivity index (χ0) is 19.2. The first-order valence-corrected chi connectivity index (χ1v) is 9.16. The Morgan fingerprint density at radius 3 is 2.52 bits per heavy atom. The lowest BCUT2D eigenvalue weighted by molar-refractivity contribution is -0.123. The fourth-order valence-corrected chi connectivity index (χ4v) is 3.00. The lowest BCUT2D eigenvalue weighted by atomic mass is 10.0. The average Bonchev–Trinajstić information content (AvgIpc) is 2.70. The second kappa shape index (κ2) is 8.54. The van der Waals surface area contributed by atoms with Gasteiger partial charge in [-0.2, -0.15) is 0 Å². The van der Waals surface area contributed by atoms with Crippen molar-refractivity contribution in [1.29, 1.82) is 0 Å². The molecule has 0 spiro atoms. The van der Waals surface area contributed by atoms with Crippen molar-refractivity contribution in [1.82, 2.24) is 5.32 Å². The molecule has 1 heterocycles. The van der Waals surface area contributed by atoms with Crippen LogP contribution in [0.3, 0.4) is 0 Å². The third-order valence-electron chi connectivity index (χ3n) is 4.52. The van der Waals surface area contributed by atoms with Gasteiger partial charge in [-0.3, -0.25) is 4.79 Å². The number of hydrogen-bond donors (Lipinski definition) is 1. The first kappa shape index (κ1) is 18.7. The van der Waals surface area contributed by atoms with Crippen molar-refractivity contribution in [2.24, 2.45) is 0 Å². The third-order valence-corrected chi connectivity index (χ3v) is 4.52. The van der Waals surface area contributed by atoms with Crippen molar-refractivity contribution in [2.45, 2.75) is 32.7 Å². The van der Waals surface area contributed by atoms with E-state index in [1.807, 2.05) is 50.2 Å². The molecule has 0 aliphatic rings. The number of hydrogen-bond acceptors (Lipinski definition) is 4. The first-order chi connectivity index (χ1) is 13.1. The van der Waals surface area contributed by atoms with Gasteiger partial charge in [0, 0.05) is 23.6 Å². The maximum absolute atomic E-state index is 12.0. The van der Waals surface area contributed by atoms with E-state index in [9.17, 15) is 9.59 Å². The van der Waals surface area contributed by atoms with Crippen LogP contribution in [0, 0.1) is 0 Å². The zero-order valence-corrected chi connectivity index (χ0v) is 15.5. The summed E-state index contributed by atoms with van der Waals surface area (Å²) in [5, 5.41) is 3.74. The molecule has 0 radical (unpaired) electrons. The molecule has 0 bridgehead atoms. The van der Waals surface area contributed by atoms with Gasteiger partial charge in [0.1, 0.15) is 11.3 Å². The molecule has 3 rings (SSSR count). The van der Waals surface area contributed by atoms with Crippen LogP contribution in [0.25, 0.3) is 22.1 Å². The van der Waals surface area contributed by atoms with Crippen LogP contribution >= 0.6 is 0 Å². The summed E-state index contributed by atoms with van der Waals surface area (Å²) in [5.41, 5.74) is 1.75. The van der Waals surface area contributed by atoms with Crippen LogP contribution in [0.2, 0.25) is 0 Å². The molecule has 5 nitrogen and oxygen atoms in total. The topological polar surface area (TPSA) is 68.5 Å². The number of carbonyl (C=O) groups excluding carboxylic acids is 1. The minimum absolute atomic E-state index is 0.0788. The number of nitrogens with one attached hydrogen (secondary N) is 1. The fourth-order valence-electron chi connectivity index (χ4n) is 3.00. The summed E-state index contributed by atoms with van der Waals surface area (Å²) in [4.78, 5) is 24.0. The number of amides is 1. The molecular formula is C22H23NO4. The number of fused-ring (bicyclic) bond motifs is 1. The highest BCUT2D eigenvalue weighted by Crippen LogP contribution is 2.29. The van der Waals surface area contributed by atoms with E-state index < -0.39 is 5.63 Å². The molecule has 2 aromatic carbocycles. The summed E-state index contributed by atoms with van der Waals surface area (Å²) in [5.74, 6) is 0.318. The number of benzene rings is 2. The van der Waals surface area contributed by atoms with Gasteiger partial charge in [-0.05, 0) is 36.1 Å². The number of ether oxygens (including phenoxy) is 1. The Balaban J connectivity index is 1.82. The van der Waals surface area contributed by atoms with E-state index in [1.165, 1.54) is 6.07 Å². The maximum Gasteiger partial charge on any atom is 0.336 e. The predicted molar refractivity (Wildman–Crippen MR) is 106 cm³/mol. The average molecular weight is 365 g/mol. The molecule has 27 heavy (non-hydrogen) atoms. The molecule has 0 fully saturated rings. The van der Waals surface area contributed by atoms with Crippen molar-refractivity contribution in [3.8, 4) is 16.9 Å². The Labute approximate surface area is 158 Å². The standard InChI is InChI=1S/C22H23NO4/c1-3-16(4-2)23-21(24)14-26-17-10-11-18-19(15-8-6-5-7-9-15)13-22(25)27-20(18)12-17/h5-13,16H,3-4,14H2,1-2H3,(H,23,24). The van der Waals surface area contributed by atoms with Gasteiger partial charge in [-0.1, -0.05) is 44.2 Å². The highest BCUT2D eigenvalue weighted by molar-refractivity contribution is 5.93. The second-order valence-electron chi connectivity index (χ2n) is 6.37. The van der Waals surface area contributed by atoms with Crippen molar-refractivity contribution in [3.05, 3.63) is 65.0 Å². The molecule has 0 saturated heterocycles. The summed E-state index contributed by atoms with van der Waals surface area (Å²) in [6, 6.07) is 16.6. The molecule has 3 aromatic rings. The van der Waals surface area contributed by atoms with Crippen LogP contribution in [0.15, 0.2) is 63.8 Å². The minimum Gasteiger partial charge on any atom is -0.484 e. The van der Waals surface area contributed by atoms with Gasteiger partial charge in [0.25, 0.3) is 5.91 Å². The van der Waals surface area contributed by atoms with E-state index in [2.05, 4.69) is 5.32 Å². The molecule has 140 valence electrons. The molecule has 0 saturated carbocycles. The van der Waals surface area contributed by atoms with Gasteiger partial charge < -0.3 is 14.5 Å². The van der Waals surface area contributed by atoms with Crippen LogP contribution in [-0.2, 0) is 4.79 Å². The largest absolute Gasteiger partial charge is 0.484 e. The van der Waals surface area contributed by atoms with Crippen molar-refractivity contribution in [3.63, 3.8) is 0 Å². The third kappa shape index (κ3) is 4.56. The van der Waals surface area contributed by atoms with Gasteiger partial charge in [-0.25, -0.2) is 4.79 Å². The maximum atomic E-state index is 12.0. The van der Waals surface area contributed by atoms with Crippen molar-refractivity contribution < 1.29 is 13.9 Å². The summed E-state index contributed by atoms with van der Waals surface area (Å²) in [7, 11) is 0. The summed E-state index contributed by atoms with van der Waals surface area (Å²) in [6.45, 7) is 3.99. The van der Waals surface area contributed by atoms with Gasteiger partial charge in [0.15, 0.2) is 6.61 Å². The SMILES string of the molecule is CCC(CC)NC(=O)COc1ccc2c(-c3ccccc3)cc(=O)oc2c1. The zero-order valence-electron chi connectivity index (χ0n) is 15.5. The van der Waals surface area contributed by atoms with E-state index in [1.54, 1.807) is 12.1 Å². The van der Waals surface area contributed by atoms with Crippen LogP contribution in [0.1, 0.15) is 26.7 Å². The minimum atomic E-state index is -0.426. The monoisotopic (exact) mass is 365 g/mol. The molecular weight excluding hydrogens is 342 g/mol. The van der Waals surface area contributed by atoms with Gasteiger partial charge in [-0.15, -0.1) is 0 Å². The lowest BCUT2D eigenvalue weighted by Crippen LogP contribution is -2.37. The van der Waals surface area contributed by atoms with Crippen LogP contribution in [0.4, 0.5) is 0 Å². The van der Waals surface area contributed by atoms with E-state index >= 15 is 0 Å². The van der Waals surface area contributed by atoms with Crippen LogP contribution in [0.5, 0.6) is 5.75 Å². The van der Waals surface area contributed by atoms with Gasteiger partial charge >= 0.3 is 5.63 Å². The van der Waals surface area contributed by atoms with E-state index in [-0.39, 0.29) is 18.6 Å². The summed E-state index contributed by atoms with van der Waals surface area (Å²) >= 11 is 0. The second-order valence-corrected chi connectivity index (χ2v) is 6.37. The number of carbonyl (C=O) groups is 1. The van der Waals surface area contributed by atoms with Crippen molar-refractivity contribution in [2.75, 3.05) is 6.61 Å². The highest BCUT2D eigenvalue weighted by atomic mass is 16.5. The molecule has 0 aliphatic carbocycles. The Bertz CT molecular complexity index is 975. The Morgan fingerprint density at radius 1 is 1.07 bits per heavy atom. The smallest absolute Gasteiger partial charge is 0.336 e. The molecule has 0 aliphatic heterocycles. The molecule has 0 unspecified atom stereocenters. The van der Waals surface area contributed by atoms with Gasteiger partial charge in [0.05, 0.1) is 0 Å². The fraction of sp³-hybridized carbons (Fsp3) is 0.273.